The number of amides is 6. The second-order valence-corrected chi connectivity index (χ2v) is 21.9. The smallest absolute Gasteiger partial charge is 0.243 e. The molecule has 26 heteroatoms. The van der Waals surface area contributed by atoms with Crippen molar-refractivity contribution < 1.29 is 33.6 Å². The van der Waals surface area contributed by atoms with Crippen molar-refractivity contribution in [2.24, 2.45) is 71.8 Å². The highest BCUT2D eigenvalue weighted by Gasteiger charge is 2.36. The van der Waals surface area contributed by atoms with Crippen LogP contribution in [0.1, 0.15) is 74.5 Å². The monoisotopic (exact) mass is 1200 g/mol. The zero-order valence-corrected chi connectivity index (χ0v) is 49.1. The number of nitrogens with zero attached hydrogens (tertiary/aromatic N) is 4. The largest absolute Gasteiger partial charge is 0.370 e. The highest BCUT2D eigenvalue weighted by Crippen LogP contribution is 2.23. The maximum atomic E-state index is 15.4. The molecule has 1 aliphatic heterocycles. The fraction of sp³-hybridized carbons (Fsp3) is 0.371. The molecule has 0 unspecified atom stereocenters. The fourth-order valence-corrected chi connectivity index (χ4v) is 10.6. The van der Waals surface area contributed by atoms with Crippen LogP contribution in [-0.4, -0.2) is 132 Å². The molecule has 0 bridgehead atoms. The molecule has 0 saturated carbocycles. The number of fused-ring (bicyclic) bond motifs is 3. The van der Waals surface area contributed by atoms with Gasteiger partial charge in [-0.15, -0.1) is 0 Å². The number of aliphatic imine (C=N–C) groups is 4. The third-order valence-corrected chi connectivity index (χ3v) is 15.1. The number of nitrogens with two attached hydrogens (primary N) is 8. The molecule has 5 aromatic carbocycles. The van der Waals surface area contributed by atoms with Crippen LogP contribution in [0, 0.1) is 5.92 Å². The third kappa shape index (κ3) is 19.9. The van der Waals surface area contributed by atoms with E-state index >= 15 is 19.2 Å². The van der Waals surface area contributed by atoms with Gasteiger partial charge in [-0.3, -0.25) is 53.5 Å². The highest BCUT2D eigenvalue weighted by molar-refractivity contribution is 5.99. The Bertz CT molecular complexity index is 3430. The summed E-state index contributed by atoms with van der Waals surface area (Å²) in [6, 6.07) is 25.7. The first-order valence-corrected chi connectivity index (χ1v) is 29.4. The van der Waals surface area contributed by atoms with Crippen LogP contribution in [0.4, 0.5) is 0 Å². The van der Waals surface area contributed by atoms with Gasteiger partial charge in [-0.25, -0.2) is 0 Å². The predicted octanol–water partition coefficient (Wildman–Crippen LogP) is 0.214. The molecule has 0 aliphatic carbocycles. The van der Waals surface area contributed by atoms with Crippen molar-refractivity contribution in [3.63, 3.8) is 0 Å². The molecule has 2 heterocycles. The van der Waals surface area contributed by atoms with Gasteiger partial charge in [0.05, 0.1) is 6.04 Å². The van der Waals surface area contributed by atoms with Crippen molar-refractivity contribution in [1.29, 1.82) is 0 Å². The minimum atomic E-state index is -1.41. The van der Waals surface area contributed by atoms with Gasteiger partial charge in [0.1, 0.15) is 30.2 Å². The van der Waals surface area contributed by atoms with E-state index in [1.54, 1.807) is 6.20 Å². The SMILES string of the molecule is NC(N)=NCCC[C@H]1CC(=O)[C@H](CCCN=C(N)N)NC(=O)[C@@H](CCCN=C(N)N)NC(=O)[C@@H](CCCN=C(N)N)NC(=O)[C@@H](Cc2ccc3ccccc3c2)NC(=O)[C@H](Cc2c[nH]c3ccccc23)NC(=O)[C@@H](Cc2ccc3ccccc3c2)NC1=O. The van der Waals surface area contributed by atoms with Crippen molar-refractivity contribution >= 4 is 97.5 Å². The number of para-hydroxylation sites is 1. The number of ketones is 1. The number of carbonyl (C=O) groups is 7. The molecule has 88 heavy (non-hydrogen) atoms. The van der Waals surface area contributed by atoms with Gasteiger partial charge in [0.2, 0.25) is 35.4 Å². The molecule has 0 spiro atoms. The van der Waals surface area contributed by atoms with E-state index in [4.69, 9.17) is 45.9 Å². The average molecular weight is 1200 g/mol. The number of nitrogens with one attached hydrogen (secondary N) is 7. The summed E-state index contributed by atoms with van der Waals surface area (Å²) < 4.78 is 0. The summed E-state index contributed by atoms with van der Waals surface area (Å²) in [4.78, 5) is 125. The first-order chi connectivity index (χ1) is 42.3. The van der Waals surface area contributed by atoms with Crippen molar-refractivity contribution in [1.82, 2.24) is 36.9 Å². The van der Waals surface area contributed by atoms with Gasteiger partial charge in [0.25, 0.3) is 0 Å². The van der Waals surface area contributed by atoms with Crippen LogP contribution in [0.15, 0.2) is 135 Å². The number of hydrogen-bond acceptors (Lipinski definition) is 11. The lowest BCUT2D eigenvalue weighted by molar-refractivity contribution is -0.135. The highest BCUT2D eigenvalue weighted by atomic mass is 16.2. The topological polar surface area (TPSA) is 465 Å². The molecule has 1 saturated heterocycles. The standard InChI is InChI=1S/C62H81N19O7/c63-59(64)71-25-7-15-42-34-52(82)46(18-8-26-72-60(65)66)76-54(84)47(19-9-27-73-61(67)68)77-55(85)48(20-10-28-74-62(69)70)78-56(86)50(32-37-22-24-39-12-2-4-14-41(39)30-37)80-58(88)51(33-43-35-75-45-17-6-5-16-44(43)45)81-57(87)49(79-53(42)83)31-36-21-23-38-11-1-3-13-40(38)29-36/h1-6,11-14,16-17,21-24,29-30,35,42,46-51,75H,7-10,15,18-20,25-28,31-34H2,(H,76,84)(H,77,85)(H,78,86)(H,79,83)(H,80,88)(H,81,87)(H4,63,64,71)(H4,65,66,72)(H4,67,68,73)(H4,69,70,74)/t42-,46-,47+,48+,49+,50+,51-/m0/s1. The number of aromatic amines is 1. The normalized spacial score (nSPS) is 20.0. The lowest BCUT2D eigenvalue weighted by Gasteiger charge is -2.28. The lowest BCUT2D eigenvalue weighted by atomic mass is 9.91. The molecule has 0 radical (unpaired) electrons. The number of aromatic nitrogens is 1. The van der Waals surface area contributed by atoms with E-state index in [-0.39, 0.29) is 121 Å². The molecule has 23 N–H and O–H groups in total. The van der Waals surface area contributed by atoms with Crippen molar-refractivity contribution in [3.05, 3.63) is 132 Å². The number of guanidine groups is 4. The van der Waals surface area contributed by atoms with Crippen molar-refractivity contribution in [2.45, 2.75) is 113 Å². The number of Topliss-reactive ketones (excluding diaryl/α,β-unsaturated/α-hetero) is 1. The van der Waals surface area contributed by atoms with Crippen LogP contribution in [0.2, 0.25) is 0 Å². The summed E-state index contributed by atoms with van der Waals surface area (Å²) in [7, 11) is 0. The molecule has 466 valence electrons. The predicted molar refractivity (Wildman–Crippen MR) is 342 cm³/mol. The van der Waals surface area contributed by atoms with E-state index in [0.717, 1.165) is 32.4 Å². The van der Waals surface area contributed by atoms with Gasteiger partial charge in [-0.2, -0.15) is 0 Å². The number of H-pyrrole nitrogens is 1. The van der Waals surface area contributed by atoms with Crippen molar-refractivity contribution in [3.8, 4) is 0 Å². The molecule has 1 aliphatic rings. The maximum absolute atomic E-state index is 15.4. The van der Waals surface area contributed by atoms with E-state index in [0.29, 0.717) is 16.7 Å². The molecule has 1 fully saturated rings. The van der Waals surface area contributed by atoms with E-state index in [2.05, 4.69) is 56.9 Å². The first-order valence-electron chi connectivity index (χ1n) is 29.4. The Morgan fingerprint density at radius 3 is 1.22 bits per heavy atom. The number of hydrogen-bond donors (Lipinski definition) is 15. The summed E-state index contributed by atoms with van der Waals surface area (Å²) in [5.74, 6) is -7.15. The second kappa shape index (κ2) is 32.3. The van der Waals surface area contributed by atoms with E-state index in [1.807, 2.05) is 109 Å². The van der Waals surface area contributed by atoms with Crippen LogP contribution >= 0.6 is 0 Å². The Morgan fingerprint density at radius 1 is 0.386 bits per heavy atom. The Hall–Kier alpha value is -10.3. The molecular formula is C62H81N19O7. The molecular weight excluding hydrogens is 1120 g/mol. The zero-order chi connectivity index (χ0) is 63.1. The molecule has 7 rings (SSSR count). The average Bonchev–Trinajstić information content (AvgIpc) is 3.66. The van der Waals surface area contributed by atoms with Gasteiger partial charge in [0.15, 0.2) is 29.6 Å². The summed E-state index contributed by atoms with van der Waals surface area (Å²) in [5.41, 5.74) is 48.0. The second-order valence-electron chi connectivity index (χ2n) is 21.9. The van der Waals surface area contributed by atoms with Crippen LogP contribution in [-0.2, 0) is 52.8 Å². The summed E-state index contributed by atoms with van der Waals surface area (Å²) in [5, 5.41) is 21.7. The number of benzene rings is 5. The van der Waals surface area contributed by atoms with E-state index in [1.165, 1.54) is 0 Å². The molecule has 7 atom stereocenters. The molecule has 6 aromatic rings. The van der Waals surface area contributed by atoms with Crippen molar-refractivity contribution in [2.75, 3.05) is 26.2 Å². The molecule has 1 aromatic heterocycles. The molecule has 6 amide bonds. The van der Waals surface area contributed by atoms with Gasteiger partial charge in [0, 0.05) is 74.9 Å². The van der Waals surface area contributed by atoms with E-state index in [9.17, 15) is 14.4 Å². The zero-order valence-electron chi connectivity index (χ0n) is 49.1. The summed E-state index contributed by atoms with van der Waals surface area (Å²) in [6.45, 7) is 0.251. The fourth-order valence-electron chi connectivity index (χ4n) is 10.6. The Kier molecular flexibility index (Phi) is 24.0. The minimum Gasteiger partial charge on any atom is -0.370 e. The summed E-state index contributed by atoms with van der Waals surface area (Å²) in [6.07, 6.45) is 1.59. The van der Waals surface area contributed by atoms with Gasteiger partial charge in [-0.1, -0.05) is 103 Å². The van der Waals surface area contributed by atoms with Gasteiger partial charge < -0.3 is 82.8 Å². The Labute approximate surface area is 509 Å². The van der Waals surface area contributed by atoms with Crippen LogP contribution < -0.4 is 77.8 Å². The minimum absolute atomic E-state index is 0.0216. The Morgan fingerprint density at radius 2 is 0.750 bits per heavy atom. The van der Waals surface area contributed by atoms with E-state index < -0.39 is 89.8 Å². The van der Waals surface area contributed by atoms with Crippen LogP contribution in [0.25, 0.3) is 32.4 Å². The third-order valence-electron chi connectivity index (χ3n) is 15.1. The van der Waals surface area contributed by atoms with Gasteiger partial charge in [-0.05, 0) is 95.7 Å². The summed E-state index contributed by atoms with van der Waals surface area (Å²) >= 11 is 0. The van der Waals surface area contributed by atoms with Gasteiger partial charge >= 0.3 is 0 Å². The Balaban J connectivity index is 1.37. The number of rotatable bonds is 22. The molecule has 26 nitrogen and oxygen atoms in total. The quantitative estimate of drug-likeness (QED) is 0.0246. The first kappa shape index (κ1) is 65.3. The van der Waals surface area contributed by atoms with Crippen LogP contribution in [0.3, 0.4) is 0 Å². The number of carbonyl (C=O) groups excluding carboxylic acids is 7. The lowest BCUT2D eigenvalue weighted by Crippen LogP contribution is -2.60. The van der Waals surface area contributed by atoms with Crippen LogP contribution in [0.5, 0.6) is 0 Å². The maximum Gasteiger partial charge on any atom is 0.243 e.